The van der Waals surface area contributed by atoms with Crippen LogP contribution in [0.1, 0.15) is 17.2 Å². The lowest BCUT2D eigenvalue weighted by atomic mass is 10.1. The van der Waals surface area contributed by atoms with Gasteiger partial charge >= 0.3 is 0 Å². The molecule has 1 atom stereocenters. The van der Waals surface area contributed by atoms with E-state index in [0.29, 0.717) is 37.8 Å². The molecule has 2 N–H and O–H groups in total. The molecule has 4 heterocycles. The first-order valence-corrected chi connectivity index (χ1v) is 13.7. The third-order valence-corrected chi connectivity index (χ3v) is 9.05. The zero-order valence-corrected chi connectivity index (χ0v) is 21.9. The molecule has 1 unspecified atom stereocenters. The monoisotopic (exact) mass is 530 g/mol. The minimum Gasteiger partial charge on any atom is -0.481 e. The summed E-state index contributed by atoms with van der Waals surface area (Å²) in [7, 11) is 1.62. The SMILES string of the molecule is COc1ccc(CNc2ccc3c(c2)Sc2cccc(C4CN(c5ccc[nH]c5=O)CCO4)c2S3)cn1. The molecule has 0 bridgehead atoms. The van der Waals surface area contributed by atoms with Gasteiger partial charge in [-0.2, -0.15) is 0 Å². The van der Waals surface area contributed by atoms with E-state index >= 15 is 0 Å². The average Bonchev–Trinajstić information content (AvgIpc) is 2.95. The van der Waals surface area contributed by atoms with Crippen LogP contribution >= 0.6 is 23.5 Å². The van der Waals surface area contributed by atoms with Gasteiger partial charge in [-0.3, -0.25) is 4.79 Å². The number of pyridine rings is 2. The van der Waals surface area contributed by atoms with Crippen LogP contribution in [0.4, 0.5) is 11.4 Å². The maximum absolute atomic E-state index is 12.4. The fraction of sp³-hybridized carbons (Fsp3) is 0.214. The maximum Gasteiger partial charge on any atom is 0.271 e. The van der Waals surface area contributed by atoms with Crippen molar-refractivity contribution in [3.05, 3.63) is 94.5 Å². The Morgan fingerprint density at radius 3 is 2.89 bits per heavy atom. The number of nitrogens with zero attached hydrogens (tertiary/aromatic N) is 2. The van der Waals surface area contributed by atoms with Crippen molar-refractivity contribution in [2.45, 2.75) is 32.2 Å². The zero-order valence-electron chi connectivity index (χ0n) is 20.3. The van der Waals surface area contributed by atoms with E-state index in [2.05, 4.69) is 56.6 Å². The summed E-state index contributed by atoms with van der Waals surface area (Å²) < 4.78 is 11.4. The van der Waals surface area contributed by atoms with E-state index in [1.54, 1.807) is 36.8 Å². The van der Waals surface area contributed by atoms with Gasteiger partial charge in [0.1, 0.15) is 11.8 Å². The molecule has 1 saturated heterocycles. The fourth-order valence-corrected chi connectivity index (χ4v) is 6.99. The van der Waals surface area contributed by atoms with Gasteiger partial charge in [0.05, 0.1) is 13.7 Å². The van der Waals surface area contributed by atoms with Crippen LogP contribution in [-0.4, -0.2) is 36.8 Å². The molecule has 0 aliphatic carbocycles. The lowest BCUT2D eigenvalue weighted by Crippen LogP contribution is -2.41. The van der Waals surface area contributed by atoms with Crippen LogP contribution in [-0.2, 0) is 11.3 Å². The molecule has 0 amide bonds. The summed E-state index contributed by atoms with van der Waals surface area (Å²) in [6.45, 7) is 2.61. The molecule has 4 aromatic rings. The summed E-state index contributed by atoms with van der Waals surface area (Å²) in [6, 6.07) is 20.6. The van der Waals surface area contributed by atoms with Crippen LogP contribution in [0, 0.1) is 0 Å². The van der Waals surface area contributed by atoms with Crippen LogP contribution in [0.25, 0.3) is 0 Å². The van der Waals surface area contributed by atoms with Crippen LogP contribution in [0.15, 0.2) is 97.4 Å². The molecule has 2 aromatic heterocycles. The highest BCUT2D eigenvalue weighted by Crippen LogP contribution is 2.51. The Hall–Kier alpha value is -3.40. The first kappa shape index (κ1) is 24.0. The Kier molecular flexibility index (Phi) is 6.82. The molecular weight excluding hydrogens is 504 g/mol. The molecule has 188 valence electrons. The van der Waals surface area contributed by atoms with Gasteiger partial charge in [-0.1, -0.05) is 41.7 Å². The predicted octanol–water partition coefficient (Wildman–Crippen LogP) is 5.58. The summed E-state index contributed by atoms with van der Waals surface area (Å²) in [5.41, 5.74) is 3.96. The zero-order chi connectivity index (χ0) is 25.2. The summed E-state index contributed by atoms with van der Waals surface area (Å²) in [5.74, 6) is 0.615. The summed E-state index contributed by atoms with van der Waals surface area (Å²) in [4.78, 5) is 26.5. The van der Waals surface area contributed by atoms with Gasteiger partial charge in [-0.25, -0.2) is 4.98 Å². The van der Waals surface area contributed by atoms with Crippen molar-refractivity contribution >= 4 is 34.9 Å². The van der Waals surface area contributed by atoms with Gasteiger partial charge in [0.15, 0.2) is 0 Å². The highest BCUT2D eigenvalue weighted by atomic mass is 32.2. The molecular formula is C28H26N4O3S2. The fourth-order valence-electron chi connectivity index (χ4n) is 4.54. The second kappa shape index (κ2) is 10.5. The average molecular weight is 531 g/mol. The van der Waals surface area contributed by atoms with E-state index < -0.39 is 0 Å². The number of aromatic nitrogens is 2. The van der Waals surface area contributed by atoms with Crippen molar-refractivity contribution < 1.29 is 9.47 Å². The smallest absolute Gasteiger partial charge is 0.271 e. The van der Waals surface area contributed by atoms with Crippen LogP contribution < -0.4 is 20.5 Å². The Balaban J connectivity index is 1.19. The number of nitrogens with one attached hydrogen (secondary N) is 2. The van der Waals surface area contributed by atoms with Crippen molar-refractivity contribution in [2.75, 3.05) is 37.0 Å². The normalized spacial score (nSPS) is 16.6. The third kappa shape index (κ3) is 5.07. The molecule has 6 rings (SSSR count). The lowest BCUT2D eigenvalue weighted by molar-refractivity contribution is 0.0378. The van der Waals surface area contributed by atoms with E-state index in [0.717, 1.165) is 11.3 Å². The van der Waals surface area contributed by atoms with E-state index in [9.17, 15) is 4.79 Å². The predicted molar refractivity (Wildman–Crippen MR) is 147 cm³/mol. The molecule has 2 aliphatic heterocycles. The third-order valence-electron chi connectivity index (χ3n) is 6.44. The number of hydrogen-bond acceptors (Lipinski definition) is 8. The number of methoxy groups -OCH3 is 1. The first-order valence-electron chi connectivity index (χ1n) is 12.1. The number of morpholine rings is 1. The Morgan fingerprint density at radius 1 is 1.11 bits per heavy atom. The Bertz CT molecular complexity index is 1480. The number of anilines is 2. The first-order chi connectivity index (χ1) is 18.2. The molecule has 2 aliphatic rings. The highest BCUT2D eigenvalue weighted by molar-refractivity contribution is 8.05. The van der Waals surface area contributed by atoms with Gasteiger partial charge in [0.2, 0.25) is 5.88 Å². The highest BCUT2D eigenvalue weighted by Gasteiger charge is 2.29. The quantitative estimate of drug-likeness (QED) is 0.294. The van der Waals surface area contributed by atoms with E-state index in [1.807, 2.05) is 30.5 Å². The summed E-state index contributed by atoms with van der Waals surface area (Å²) in [6.07, 6.45) is 3.39. The number of aromatic amines is 1. The van der Waals surface area contributed by atoms with Gasteiger partial charge in [-0.05, 0) is 47.5 Å². The Morgan fingerprint density at radius 2 is 2.05 bits per heavy atom. The second-order valence-electron chi connectivity index (χ2n) is 8.79. The molecule has 0 spiro atoms. The lowest BCUT2D eigenvalue weighted by Gasteiger charge is -2.35. The minimum absolute atomic E-state index is 0.0650. The summed E-state index contributed by atoms with van der Waals surface area (Å²) >= 11 is 3.58. The van der Waals surface area contributed by atoms with Crippen LogP contribution in [0.5, 0.6) is 5.88 Å². The van der Waals surface area contributed by atoms with Gasteiger partial charge in [0, 0.05) is 63.4 Å². The minimum atomic E-state index is -0.1000. The van der Waals surface area contributed by atoms with Gasteiger partial charge < -0.3 is 24.7 Å². The topological polar surface area (TPSA) is 79.5 Å². The number of hydrogen-bond donors (Lipinski definition) is 2. The molecule has 0 radical (unpaired) electrons. The van der Waals surface area contributed by atoms with Crippen molar-refractivity contribution in [3.8, 4) is 5.88 Å². The molecule has 9 heteroatoms. The number of benzene rings is 2. The van der Waals surface area contributed by atoms with E-state index in [4.69, 9.17) is 9.47 Å². The second-order valence-corrected chi connectivity index (χ2v) is 10.9. The molecule has 7 nitrogen and oxygen atoms in total. The number of rotatable bonds is 6. The van der Waals surface area contributed by atoms with Gasteiger partial charge in [0.25, 0.3) is 5.56 Å². The summed E-state index contributed by atoms with van der Waals surface area (Å²) in [5, 5.41) is 3.50. The van der Waals surface area contributed by atoms with Crippen molar-refractivity contribution in [1.29, 1.82) is 0 Å². The Labute approximate surface area is 223 Å². The van der Waals surface area contributed by atoms with Crippen LogP contribution in [0.2, 0.25) is 0 Å². The maximum atomic E-state index is 12.4. The van der Waals surface area contributed by atoms with E-state index in [-0.39, 0.29) is 11.7 Å². The number of H-pyrrole nitrogens is 1. The van der Waals surface area contributed by atoms with Crippen molar-refractivity contribution in [2.24, 2.45) is 0 Å². The molecule has 1 fully saturated rings. The van der Waals surface area contributed by atoms with Crippen molar-refractivity contribution in [1.82, 2.24) is 9.97 Å². The van der Waals surface area contributed by atoms with E-state index in [1.165, 1.54) is 25.1 Å². The van der Waals surface area contributed by atoms with Crippen LogP contribution in [0.3, 0.4) is 0 Å². The number of fused-ring (bicyclic) bond motifs is 2. The molecule has 37 heavy (non-hydrogen) atoms. The molecule has 2 aromatic carbocycles. The molecule has 0 saturated carbocycles. The standard InChI is InChI=1S/C28H26N4O3S2/c1-34-26-10-7-18(16-31-26)15-30-19-8-9-23-25(14-19)36-24-6-2-4-20(27(24)37-23)22-17-32(12-13-35-22)21-5-3-11-29-28(21)33/h2-11,14,16,22,30H,12-13,15,17H2,1H3,(H,29,33). The van der Waals surface area contributed by atoms with Gasteiger partial charge in [-0.15, -0.1) is 0 Å². The largest absolute Gasteiger partial charge is 0.481 e. The number of ether oxygens (including phenoxy) is 2. The van der Waals surface area contributed by atoms with Crippen molar-refractivity contribution in [3.63, 3.8) is 0 Å².